The van der Waals surface area contributed by atoms with Crippen molar-refractivity contribution >= 4 is 40.4 Å². The number of carbonyl (C=O) groups excluding carboxylic acids is 2. The number of ether oxygens (including phenoxy) is 2. The summed E-state index contributed by atoms with van der Waals surface area (Å²) in [5.41, 5.74) is 7.04. The molecule has 3 N–H and O–H groups in total. The highest BCUT2D eigenvalue weighted by Gasteiger charge is 2.37. The number of aryl methyl sites for hydroxylation is 1. The zero-order valence-corrected chi connectivity index (χ0v) is 29.6. The fraction of sp³-hybridized carbons (Fsp3) is 0.359. The number of piperidine rings is 1. The van der Waals surface area contributed by atoms with Gasteiger partial charge in [-0.2, -0.15) is 4.39 Å². The number of nitrogens with two attached hydrogens (primary N) is 1. The summed E-state index contributed by atoms with van der Waals surface area (Å²) in [6.45, 7) is 5.93. The van der Waals surface area contributed by atoms with Crippen molar-refractivity contribution in [3.63, 3.8) is 0 Å². The van der Waals surface area contributed by atoms with Gasteiger partial charge in [0.25, 0.3) is 11.7 Å². The topological polar surface area (TPSA) is 96.7 Å². The highest BCUT2D eigenvalue weighted by molar-refractivity contribution is 7.13. The van der Waals surface area contributed by atoms with E-state index in [4.69, 9.17) is 10.1 Å². The Morgan fingerprint density at radius 3 is 2.48 bits per heavy atom. The normalized spacial score (nSPS) is 19.5. The van der Waals surface area contributed by atoms with Gasteiger partial charge in [-0.25, -0.2) is 10.1 Å². The van der Waals surface area contributed by atoms with Crippen LogP contribution in [0.25, 0.3) is 21.6 Å². The summed E-state index contributed by atoms with van der Waals surface area (Å²) < 4.78 is 62.2. The van der Waals surface area contributed by atoms with Gasteiger partial charge < -0.3 is 19.3 Å². The first-order chi connectivity index (χ1) is 24.8. The van der Waals surface area contributed by atoms with E-state index in [-0.39, 0.29) is 47.3 Å². The Labute approximate surface area is 302 Å². The number of anilines is 2. The number of alkyl halides is 3. The second-order valence-corrected chi connectivity index (χ2v) is 14.7. The molecule has 272 valence electrons. The fourth-order valence-corrected chi connectivity index (χ4v) is 8.08. The van der Waals surface area contributed by atoms with Crippen LogP contribution in [-0.2, 0) is 14.3 Å². The van der Waals surface area contributed by atoms with Crippen molar-refractivity contribution in [3.8, 4) is 27.3 Å². The zero-order chi connectivity index (χ0) is 36.7. The van der Waals surface area contributed by atoms with E-state index in [1.165, 1.54) is 29.4 Å². The number of benzene rings is 3. The lowest BCUT2D eigenvalue weighted by Gasteiger charge is -2.39. The molecule has 13 heteroatoms. The molecule has 2 saturated heterocycles. The number of rotatable bonds is 8. The van der Waals surface area contributed by atoms with Gasteiger partial charge in [-0.05, 0) is 116 Å². The van der Waals surface area contributed by atoms with E-state index in [2.05, 4.69) is 59.1 Å². The van der Waals surface area contributed by atoms with Crippen LogP contribution in [0.1, 0.15) is 55.2 Å². The molecule has 7 rings (SSSR count). The molecule has 3 fully saturated rings. The second kappa shape index (κ2) is 14.3. The van der Waals surface area contributed by atoms with Gasteiger partial charge in [-0.3, -0.25) is 10.2 Å². The van der Waals surface area contributed by atoms with Crippen molar-refractivity contribution < 1.29 is 42.0 Å². The van der Waals surface area contributed by atoms with Gasteiger partial charge in [0.15, 0.2) is 5.13 Å². The van der Waals surface area contributed by atoms with Crippen molar-refractivity contribution in [2.45, 2.75) is 57.9 Å². The van der Waals surface area contributed by atoms with E-state index < -0.39 is 17.2 Å². The van der Waals surface area contributed by atoms with E-state index >= 15 is 0 Å². The highest BCUT2D eigenvalue weighted by Crippen LogP contribution is 2.47. The molecule has 1 aromatic heterocycles. The Kier molecular flexibility index (Phi) is 9.83. The molecular formula is C39H39F4N4O4S+. The van der Waals surface area contributed by atoms with Crippen LogP contribution in [0, 0.1) is 18.0 Å². The second-order valence-electron chi connectivity index (χ2n) is 13.7. The van der Waals surface area contributed by atoms with Gasteiger partial charge in [-0.15, -0.1) is 24.5 Å². The van der Waals surface area contributed by atoms with E-state index in [9.17, 15) is 27.2 Å². The largest absolute Gasteiger partial charge is 0.573 e. The standard InChI is InChI=1S/C39H38F4N4O4S/c1-22-17-27(47-15-16-50-21-36(47)48)6-9-29(22)25-5-8-30(24-3-4-24)33(19-25)46-14-13-26(18-23(46)2)38(49)45-37(44)31-10-7-28(51-39(41,42)43)20-32(31)34-11-12-35(40)52-34/h5-12,17,19-20,23-24,26H,3-4,13-16,18,21H2,1-2H3,(H2,44,45,49)/p+1/t23-,26-/m0/s1. The molecule has 52 heavy (non-hydrogen) atoms. The lowest BCUT2D eigenvalue weighted by molar-refractivity contribution is -0.274. The summed E-state index contributed by atoms with van der Waals surface area (Å²) in [7, 11) is 0. The molecule has 3 heterocycles. The predicted molar refractivity (Wildman–Crippen MR) is 192 cm³/mol. The quantitative estimate of drug-likeness (QED) is 0.121. The molecule has 1 saturated carbocycles. The minimum atomic E-state index is -4.91. The third kappa shape index (κ3) is 7.70. The molecule has 2 atom stereocenters. The Morgan fingerprint density at radius 2 is 1.81 bits per heavy atom. The molecule has 0 spiro atoms. The van der Waals surface area contributed by atoms with Crippen LogP contribution in [0.5, 0.6) is 5.75 Å². The van der Waals surface area contributed by atoms with E-state index in [1.807, 2.05) is 6.07 Å². The van der Waals surface area contributed by atoms with Crippen LogP contribution in [0.2, 0.25) is 0 Å². The van der Waals surface area contributed by atoms with Gasteiger partial charge >= 0.3 is 12.3 Å². The van der Waals surface area contributed by atoms with Crippen LogP contribution in [-0.4, -0.2) is 56.4 Å². The number of hydrogen-bond acceptors (Lipinski definition) is 6. The van der Waals surface area contributed by atoms with Crippen LogP contribution in [0.4, 0.5) is 28.9 Å². The molecule has 4 aromatic rings. The van der Waals surface area contributed by atoms with Gasteiger partial charge in [0, 0.05) is 40.9 Å². The first kappa shape index (κ1) is 35.6. The number of carbonyl (C=O) groups is 2. The van der Waals surface area contributed by atoms with Gasteiger partial charge in [0.05, 0.1) is 18.1 Å². The molecule has 0 unspecified atom stereocenters. The zero-order valence-electron chi connectivity index (χ0n) is 28.8. The first-order valence-corrected chi connectivity index (χ1v) is 18.1. The number of amides is 2. The molecule has 3 aliphatic rings. The van der Waals surface area contributed by atoms with Crippen molar-refractivity contribution in [1.82, 2.24) is 5.32 Å². The highest BCUT2D eigenvalue weighted by atomic mass is 32.1. The molecule has 2 aliphatic heterocycles. The number of nitrogens with one attached hydrogen (secondary N) is 1. The van der Waals surface area contributed by atoms with Crippen LogP contribution in [0.3, 0.4) is 0 Å². The van der Waals surface area contributed by atoms with E-state index in [0.717, 1.165) is 58.7 Å². The summed E-state index contributed by atoms with van der Waals surface area (Å²) in [6.07, 6.45) is -1.50. The van der Waals surface area contributed by atoms with Gasteiger partial charge in [-0.1, -0.05) is 18.2 Å². The molecule has 3 aromatic carbocycles. The molecular weight excluding hydrogens is 697 g/mol. The maximum Gasteiger partial charge on any atom is 0.573 e. The van der Waals surface area contributed by atoms with Gasteiger partial charge in [0.1, 0.15) is 12.4 Å². The molecule has 0 bridgehead atoms. The third-order valence-corrected chi connectivity index (χ3v) is 10.9. The molecule has 0 radical (unpaired) electrons. The van der Waals surface area contributed by atoms with Crippen LogP contribution < -0.4 is 25.3 Å². The summed E-state index contributed by atoms with van der Waals surface area (Å²) in [4.78, 5) is 30.5. The molecule has 2 amide bonds. The number of halogens is 4. The number of nitrogens with zero attached hydrogens (tertiary/aromatic N) is 2. The molecule has 8 nitrogen and oxygen atoms in total. The smallest absolute Gasteiger partial charge is 0.406 e. The monoisotopic (exact) mass is 735 g/mol. The van der Waals surface area contributed by atoms with E-state index in [0.29, 0.717) is 43.3 Å². The summed E-state index contributed by atoms with van der Waals surface area (Å²) >= 11 is 0.750. The lowest BCUT2D eigenvalue weighted by Crippen LogP contribution is -2.54. The SMILES string of the molecule is Cc1cc(N2CCOCC2=O)ccc1-c1ccc(C2CC2)c(N2CC[C@H](C(=O)NC(=[NH2+])c3ccc(OC(F)(F)F)cc3-c3ccc(F)s3)C[C@@H]2C)c1. The summed E-state index contributed by atoms with van der Waals surface area (Å²) in [5.74, 6) is -0.702. The van der Waals surface area contributed by atoms with Crippen LogP contribution in [0.15, 0.2) is 66.7 Å². The van der Waals surface area contributed by atoms with Crippen molar-refractivity contribution in [3.05, 3.63) is 88.6 Å². The predicted octanol–water partition coefficient (Wildman–Crippen LogP) is 6.60. The van der Waals surface area contributed by atoms with E-state index in [1.54, 1.807) is 4.90 Å². The fourth-order valence-electron chi connectivity index (χ4n) is 7.32. The number of hydrogen-bond donors (Lipinski definition) is 2. The first-order valence-electron chi connectivity index (χ1n) is 17.3. The van der Waals surface area contributed by atoms with Crippen LogP contribution >= 0.6 is 11.3 Å². The van der Waals surface area contributed by atoms with Crippen molar-refractivity contribution in [2.75, 3.05) is 36.1 Å². The Hall–Kier alpha value is -4.75. The number of thiophene rings is 1. The summed E-state index contributed by atoms with van der Waals surface area (Å²) in [6, 6.07) is 19.0. The Balaban J connectivity index is 1.07. The number of morpholine rings is 1. The average molecular weight is 736 g/mol. The molecule has 1 aliphatic carbocycles. The maximum atomic E-state index is 13.9. The third-order valence-electron chi connectivity index (χ3n) is 10.0. The van der Waals surface area contributed by atoms with Crippen molar-refractivity contribution in [2.24, 2.45) is 5.92 Å². The minimum Gasteiger partial charge on any atom is -0.406 e. The maximum absolute atomic E-state index is 13.9. The minimum absolute atomic E-state index is 0.0257. The lowest BCUT2D eigenvalue weighted by atomic mass is 9.88. The Morgan fingerprint density at radius 1 is 1.00 bits per heavy atom. The number of amidine groups is 1. The average Bonchev–Trinajstić information content (AvgIpc) is 3.86. The van der Waals surface area contributed by atoms with Crippen molar-refractivity contribution in [1.29, 1.82) is 0 Å². The Bertz CT molecular complexity index is 2030. The van der Waals surface area contributed by atoms with Gasteiger partial charge in [0.2, 0.25) is 0 Å². The summed E-state index contributed by atoms with van der Waals surface area (Å²) in [5, 5.41) is 8.65.